The minimum Gasteiger partial charge on any atom is -0.510 e. The zero-order chi connectivity index (χ0) is 38.7. The molecule has 0 saturated carbocycles. The smallest absolute Gasteiger partial charge is 0.433 e. The van der Waals surface area contributed by atoms with Gasteiger partial charge in [0.25, 0.3) is 0 Å². The Bertz CT molecular complexity index is 2200. The summed E-state index contributed by atoms with van der Waals surface area (Å²) >= 11 is 0. The molecule has 2 aliphatic rings. The van der Waals surface area contributed by atoms with E-state index in [4.69, 9.17) is 4.74 Å². The van der Waals surface area contributed by atoms with Gasteiger partial charge in [0.2, 0.25) is 5.88 Å². The van der Waals surface area contributed by atoms with Gasteiger partial charge in [-0.05, 0) is 94.4 Å². The van der Waals surface area contributed by atoms with Crippen molar-refractivity contribution in [1.82, 2.24) is 30.0 Å². The average molecular weight is 930 g/mol. The Morgan fingerprint density at radius 2 is 1.51 bits per heavy atom. The second kappa shape index (κ2) is 16.6. The van der Waals surface area contributed by atoms with Crippen LogP contribution in [0.1, 0.15) is 27.9 Å². The number of benzene rings is 2. The summed E-state index contributed by atoms with van der Waals surface area (Å²) in [4.78, 5) is 16.5. The van der Waals surface area contributed by atoms with Crippen LogP contribution in [0.4, 0.5) is 50.6 Å². The fourth-order valence-electron chi connectivity index (χ4n) is 5.60. The van der Waals surface area contributed by atoms with Crippen molar-refractivity contribution in [1.29, 1.82) is 5.26 Å². The molecular formula is C38H30F5IrN10O-5. The van der Waals surface area contributed by atoms with Crippen molar-refractivity contribution >= 4 is 28.7 Å². The molecule has 1 radical (unpaired) electrons. The molecule has 287 valence electrons. The number of aryl methyl sites for hydroxylation is 3. The molecule has 2 aromatic carbocycles. The van der Waals surface area contributed by atoms with E-state index in [9.17, 15) is 27.2 Å². The normalized spacial score (nSPS) is 13.4. The molecule has 0 atom stereocenters. The molecule has 0 saturated heterocycles. The minimum absolute atomic E-state index is 0. The molecule has 0 amide bonds. The SMILES string of the molecule is CN1C=CN(c2[c-]c(N3C=CN(C)[CH-]3)cc(C#N)c2)[CH-]1.Cc1cc(C)c(N(c2cccc(Oc3[c-]cc(F)nc3F)n2)c2cc(C(F)(F)F)n[n-]2)c(C)c1.[Ir]. The van der Waals surface area contributed by atoms with Gasteiger partial charge in [-0.3, -0.25) is 13.9 Å². The molecule has 0 unspecified atom stereocenters. The van der Waals surface area contributed by atoms with Crippen LogP contribution in [0.5, 0.6) is 11.6 Å². The monoisotopic (exact) mass is 930 g/mol. The third-order valence-corrected chi connectivity index (χ3v) is 7.83. The minimum atomic E-state index is -4.68. The maximum absolute atomic E-state index is 13.9. The molecule has 17 heteroatoms. The molecule has 0 fully saturated rings. The molecule has 0 aliphatic carbocycles. The molecule has 0 bridgehead atoms. The predicted molar refractivity (Wildman–Crippen MR) is 190 cm³/mol. The third kappa shape index (κ3) is 9.40. The fraction of sp³-hybridized carbons (Fsp3) is 0.158. The van der Waals surface area contributed by atoms with Gasteiger partial charge < -0.3 is 39.3 Å². The van der Waals surface area contributed by atoms with E-state index in [-0.39, 0.29) is 37.6 Å². The van der Waals surface area contributed by atoms with Crippen LogP contribution in [-0.4, -0.2) is 39.0 Å². The summed E-state index contributed by atoms with van der Waals surface area (Å²) in [5.74, 6) is -2.90. The standard InChI is InChI=1S/C23H16F5N5O.C15H14N5.Ir/c1-12-9-13(2)21(14(3)10-12)33(19-11-16(31-32-19)23(26,27)28)18-5-4-6-20(30-18)34-15-7-8-17(24)29-22(15)25;1-17-3-5-19(11-17)14-7-13(10-16)8-15(9-14)20-6-4-18(2)12-20;/h4-6,8-11H,1-3H3;3-8,11-12H,1-2H3;/q-2;-3;. The summed E-state index contributed by atoms with van der Waals surface area (Å²) in [6.07, 6.45) is 3.08. The average Bonchev–Trinajstić information content (AvgIpc) is 3.89. The van der Waals surface area contributed by atoms with E-state index in [1.54, 1.807) is 13.8 Å². The van der Waals surface area contributed by atoms with E-state index in [0.29, 0.717) is 11.3 Å². The summed E-state index contributed by atoms with van der Waals surface area (Å²) < 4.78 is 72.0. The number of halogens is 5. The zero-order valence-corrected chi connectivity index (χ0v) is 32.2. The van der Waals surface area contributed by atoms with Gasteiger partial charge in [0.05, 0.1) is 23.6 Å². The Morgan fingerprint density at radius 1 is 0.891 bits per heavy atom. The van der Waals surface area contributed by atoms with E-state index >= 15 is 0 Å². The third-order valence-electron chi connectivity index (χ3n) is 7.83. The Morgan fingerprint density at radius 3 is 2.02 bits per heavy atom. The van der Waals surface area contributed by atoms with Crippen LogP contribution < -0.4 is 24.5 Å². The number of nitrogens with zero attached hydrogens (tertiary/aromatic N) is 10. The molecular weight excluding hydrogens is 900 g/mol. The molecule has 5 aromatic rings. The second-order valence-corrected chi connectivity index (χ2v) is 12.2. The van der Waals surface area contributed by atoms with Crippen LogP contribution in [0.25, 0.3) is 0 Å². The van der Waals surface area contributed by atoms with E-state index in [1.807, 2.05) is 103 Å². The largest absolute Gasteiger partial charge is 0.510 e. The van der Waals surface area contributed by atoms with Crippen LogP contribution in [0.15, 0.2) is 79.4 Å². The van der Waals surface area contributed by atoms with Gasteiger partial charge >= 0.3 is 6.18 Å². The van der Waals surface area contributed by atoms with Crippen molar-refractivity contribution in [2.75, 3.05) is 28.8 Å². The van der Waals surface area contributed by atoms with Gasteiger partial charge in [0.15, 0.2) is 0 Å². The first-order chi connectivity index (χ1) is 25.7. The summed E-state index contributed by atoms with van der Waals surface area (Å²) in [6.45, 7) is 9.38. The second-order valence-electron chi connectivity index (χ2n) is 12.2. The first kappa shape index (κ1) is 40.2. The van der Waals surface area contributed by atoms with Crippen molar-refractivity contribution in [3.8, 4) is 17.7 Å². The summed E-state index contributed by atoms with van der Waals surface area (Å²) in [5, 5.41) is 16.2. The number of alkyl halides is 3. The quantitative estimate of drug-likeness (QED) is 0.0899. The van der Waals surface area contributed by atoms with Crippen molar-refractivity contribution in [2.24, 2.45) is 0 Å². The number of nitriles is 1. The van der Waals surface area contributed by atoms with Gasteiger partial charge in [-0.15, -0.1) is 41.7 Å². The Hall–Kier alpha value is -5.98. The fourth-order valence-corrected chi connectivity index (χ4v) is 5.60. The van der Waals surface area contributed by atoms with E-state index in [1.165, 1.54) is 23.1 Å². The summed E-state index contributed by atoms with van der Waals surface area (Å²) in [6, 6.07) is 21.2. The van der Waals surface area contributed by atoms with Crippen LogP contribution in [0, 0.1) is 69.5 Å². The number of ether oxygens (including phenoxy) is 1. The van der Waals surface area contributed by atoms with E-state index in [2.05, 4.69) is 38.4 Å². The molecule has 55 heavy (non-hydrogen) atoms. The van der Waals surface area contributed by atoms with Gasteiger partial charge in [-0.2, -0.15) is 31.8 Å². The van der Waals surface area contributed by atoms with Crippen LogP contribution in [0.3, 0.4) is 0 Å². The van der Waals surface area contributed by atoms with Gasteiger partial charge in [-0.1, -0.05) is 29.3 Å². The Labute approximate surface area is 327 Å². The van der Waals surface area contributed by atoms with Gasteiger partial charge in [-0.25, -0.2) is 4.98 Å². The van der Waals surface area contributed by atoms with Crippen molar-refractivity contribution in [3.63, 3.8) is 0 Å². The maximum atomic E-state index is 13.9. The van der Waals surface area contributed by atoms with E-state index in [0.717, 1.165) is 40.2 Å². The molecule has 5 heterocycles. The van der Waals surface area contributed by atoms with E-state index < -0.39 is 29.5 Å². The van der Waals surface area contributed by atoms with Crippen molar-refractivity contribution in [3.05, 3.63) is 145 Å². The Balaban J connectivity index is 0.000000235. The van der Waals surface area contributed by atoms with Crippen LogP contribution >= 0.6 is 0 Å². The van der Waals surface area contributed by atoms with Crippen molar-refractivity contribution in [2.45, 2.75) is 26.9 Å². The maximum Gasteiger partial charge on any atom is 0.433 e. The van der Waals surface area contributed by atoms with Gasteiger partial charge in [0, 0.05) is 26.2 Å². The number of hydrogen-bond donors (Lipinski definition) is 0. The molecule has 3 aromatic heterocycles. The number of aromatic nitrogens is 4. The molecule has 0 spiro atoms. The van der Waals surface area contributed by atoms with Crippen LogP contribution in [0.2, 0.25) is 0 Å². The Kier molecular flexibility index (Phi) is 12.1. The number of rotatable bonds is 7. The molecule has 7 rings (SSSR count). The summed E-state index contributed by atoms with van der Waals surface area (Å²) in [5.41, 5.74) is 4.16. The topological polar surface area (TPSA) is 102 Å². The molecule has 11 nitrogen and oxygen atoms in total. The zero-order valence-electron chi connectivity index (χ0n) is 29.8. The number of anilines is 5. The molecule has 0 N–H and O–H groups in total. The first-order valence-corrected chi connectivity index (χ1v) is 16.1. The first-order valence-electron chi connectivity index (χ1n) is 16.1. The number of hydrogen-bond acceptors (Lipinski definition) is 10. The van der Waals surface area contributed by atoms with Gasteiger partial charge in [0.1, 0.15) is 11.6 Å². The summed E-state index contributed by atoms with van der Waals surface area (Å²) in [7, 11) is 3.91. The molecule has 2 aliphatic heterocycles. The predicted octanol–water partition coefficient (Wildman–Crippen LogP) is 8.15. The number of pyridine rings is 2. The van der Waals surface area contributed by atoms with Crippen LogP contribution in [-0.2, 0) is 26.3 Å². The van der Waals surface area contributed by atoms with Crippen molar-refractivity contribution < 1.29 is 46.8 Å².